The Labute approximate surface area is 160 Å². The van der Waals surface area contributed by atoms with E-state index in [9.17, 15) is 4.79 Å². The van der Waals surface area contributed by atoms with Gasteiger partial charge in [0, 0.05) is 25.7 Å². The summed E-state index contributed by atoms with van der Waals surface area (Å²) in [7, 11) is 0. The van der Waals surface area contributed by atoms with Gasteiger partial charge in [0.2, 0.25) is 5.91 Å². The van der Waals surface area contributed by atoms with Crippen LogP contribution in [0.1, 0.15) is 72.1 Å². The van der Waals surface area contributed by atoms with Crippen LogP contribution in [0.5, 0.6) is 0 Å². The Kier molecular flexibility index (Phi) is 12.1. The van der Waals surface area contributed by atoms with Gasteiger partial charge in [-0.25, -0.2) is 0 Å². The molecule has 26 heavy (non-hydrogen) atoms. The third kappa shape index (κ3) is 10.00. The quantitative estimate of drug-likeness (QED) is 0.281. The van der Waals surface area contributed by atoms with E-state index in [0.717, 1.165) is 57.9 Å². The highest BCUT2D eigenvalue weighted by molar-refractivity contribution is 5.80. The van der Waals surface area contributed by atoms with Gasteiger partial charge >= 0.3 is 0 Å². The van der Waals surface area contributed by atoms with Crippen molar-refractivity contribution >= 4 is 11.9 Å². The maximum absolute atomic E-state index is 11.4. The van der Waals surface area contributed by atoms with Gasteiger partial charge in [0.1, 0.15) is 0 Å². The number of piperidine rings is 1. The Morgan fingerprint density at radius 3 is 2.77 bits per heavy atom. The van der Waals surface area contributed by atoms with Crippen LogP contribution in [0.25, 0.3) is 0 Å². The highest BCUT2D eigenvalue weighted by Crippen LogP contribution is 2.15. The van der Waals surface area contributed by atoms with Gasteiger partial charge in [0.05, 0.1) is 5.92 Å². The maximum atomic E-state index is 11.4. The van der Waals surface area contributed by atoms with Crippen molar-refractivity contribution in [3.05, 3.63) is 0 Å². The van der Waals surface area contributed by atoms with Crippen LogP contribution in [-0.2, 0) is 4.79 Å². The molecule has 0 bridgehead atoms. The maximum Gasteiger partial charge on any atom is 0.221 e. The Bertz CT molecular complexity index is 413. The first-order valence-corrected chi connectivity index (χ1v) is 10.6. The highest BCUT2D eigenvalue weighted by atomic mass is 16.1. The predicted octanol–water partition coefficient (Wildman–Crippen LogP) is 2.49. The number of nitrogens with two attached hydrogens (primary N) is 1. The summed E-state index contributed by atoms with van der Waals surface area (Å²) in [5, 5.41) is 6.86. The third-order valence-electron chi connectivity index (χ3n) is 5.03. The number of primary amides is 1. The van der Waals surface area contributed by atoms with E-state index in [2.05, 4.69) is 36.3 Å². The van der Waals surface area contributed by atoms with Crippen molar-refractivity contribution in [1.82, 2.24) is 15.5 Å². The highest BCUT2D eigenvalue weighted by Gasteiger charge is 2.23. The molecule has 0 aliphatic carbocycles. The van der Waals surface area contributed by atoms with Crippen molar-refractivity contribution < 1.29 is 4.79 Å². The van der Waals surface area contributed by atoms with Gasteiger partial charge in [0.25, 0.3) is 0 Å². The fourth-order valence-electron chi connectivity index (χ4n) is 3.48. The van der Waals surface area contributed by atoms with Gasteiger partial charge < -0.3 is 21.3 Å². The standard InChI is InChI=1S/C20H41N5O/c1-4-6-7-8-11-17(3)24-20(22-5-2)23-13-10-15-25-14-9-12-18(16-25)19(21)26/h17-18H,4-16H2,1-3H3,(H2,21,26)(H2,22,23,24). The smallest absolute Gasteiger partial charge is 0.221 e. The number of unbranched alkanes of at least 4 members (excludes halogenated alkanes) is 3. The first-order valence-electron chi connectivity index (χ1n) is 10.6. The molecule has 0 aromatic carbocycles. The second-order valence-electron chi connectivity index (χ2n) is 7.55. The molecule has 2 unspecified atom stereocenters. The topological polar surface area (TPSA) is 82.8 Å². The van der Waals surface area contributed by atoms with E-state index in [1.165, 1.54) is 32.1 Å². The molecule has 1 aliphatic rings. The number of rotatable bonds is 12. The van der Waals surface area contributed by atoms with Gasteiger partial charge in [0.15, 0.2) is 5.96 Å². The third-order valence-corrected chi connectivity index (χ3v) is 5.03. The minimum Gasteiger partial charge on any atom is -0.369 e. The van der Waals surface area contributed by atoms with E-state index in [1.54, 1.807) is 0 Å². The van der Waals surface area contributed by atoms with Crippen LogP contribution in [0.4, 0.5) is 0 Å². The predicted molar refractivity (Wildman–Crippen MR) is 110 cm³/mol. The van der Waals surface area contributed by atoms with Gasteiger partial charge in [-0.3, -0.25) is 9.79 Å². The lowest BCUT2D eigenvalue weighted by molar-refractivity contribution is -0.123. The van der Waals surface area contributed by atoms with Crippen LogP contribution in [0.2, 0.25) is 0 Å². The molecule has 1 aliphatic heterocycles. The van der Waals surface area contributed by atoms with Crippen molar-refractivity contribution in [2.75, 3.05) is 32.7 Å². The molecule has 152 valence electrons. The largest absolute Gasteiger partial charge is 0.369 e. The fourth-order valence-corrected chi connectivity index (χ4v) is 3.48. The molecule has 0 aromatic heterocycles. The van der Waals surface area contributed by atoms with E-state index in [-0.39, 0.29) is 11.8 Å². The van der Waals surface area contributed by atoms with E-state index in [1.807, 2.05) is 0 Å². The van der Waals surface area contributed by atoms with Crippen LogP contribution in [0, 0.1) is 5.92 Å². The van der Waals surface area contributed by atoms with Crippen molar-refractivity contribution in [2.24, 2.45) is 16.6 Å². The Morgan fingerprint density at radius 1 is 1.27 bits per heavy atom. The number of carbonyl (C=O) groups excluding carboxylic acids is 1. The minimum atomic E-state index is -0.153. The lowest BCUT2D eigenvalue weighted by atomic mass is 9.97. The number of likely N-dealkylation sites (tertiary alicyclic amines) is 1. The van der Waals surface area contributed by atoms with Crippen molar-refractivity contribution in [2.45, 2.75) is 78.2 Å². The van der Waals surface area contributed by atoms with Crippen molar-refractivity contribution in [3.8, 4) is 0 Å². The molecule has 1 saturated heterocycles. The lowest BCUT2D eigenvalue weighted by Crippen LogP contribution is -2.43. The molecular weight excluding hydrogens is 326 g/mol. The summed E-state index contributed by atoms with van der Waals surface area (Å²) in [4.78, 5) is 18.4. The first-order chi connectivity index (χ1) is 12.6. The summed E-state index contributed by atoms with van der Waals surface area (Å²) in [6.07, 6.45) is 9.40. The summed E-state index contributed by atoms with van der Waals surface area (Å²) in [6, 6.07) is 0.447. The molecular formula is C20H41N5O. The van der Waals surface area contributed by atoms with E-state index in [0.29, 0.717) is 6.04 Å². The van der Waals surface area contributed by atoms with Gasteiger partial charge in [-0.15, -0.1) is 0 Å². The van der Waals surface area contributed by atoms with Crippen molar-refractivity contribution in [1.29, 1.82) is 0 Å². The molecule has 6 nitrogen and oxygen atoms in total. The van der Waals surface area contributed by atoms with E-state index >= 15 is 0 Å². The van der Waals surface area contributed by atoms with E-state index < -0.39 is 0 Å². The zero-order chi connectivity index (χ0) is 19.2. The zero-order valence-corrected chi connectivity index (χ0v) is 17.2. The normalized spacial score (nSPS) is 20.0. The molecule has 0 saturated carbocycles. The number of hydrogen-bond donors (Lipinski definition) is 3. The number of amides is 1. The summed E-state index contributed by atoms with van der Waals surface area (Å²) in [6.45, 7) is 11.1. The summed E-state index contributed by atoms with van der Waals surface area (Å²) in [5.74, 6) is 0.795. The Balaban J connectivity index is 2.28. The summed E-state index contributed by atoms with van der Waals surface area (Å²) < 4.78 is 0. The number of hydrogen-bond acceptors (Lipinski definition) is 3. The van der Waals surface area contributed by atoms with Gasteiger partial charge in [-0.05, 0) is 52.6 Å². The molecule has 6 heteroatoms. The molecule has 1 amide bonds. The molecule has 1 heterocycles. The van der Waals surface area contributed by atoms with Crippen molar-refractivity contribution in [3.63, 3.8) is 0 Å². The average Bonchev–Trinajstić information content (AvgIpc) is 2.62. The molecule has 0 aromatic rings. The van der Waals surface area contributed by atoms with Crippen LogP contribution in [-0.4, -0.2) is 55.5 Å². The Morgan fingerprint density at radius 2 is 2.08 bits per heavy atom. The monoisotopic (exact) mass is 367 g/mol. The molecule has 1 rings (SSSR count). The number of nitrogens with zero attached hydrogens (tertiary/aromatic N) is 2. The second-order valence-corrected chi connectivity index (χ2v) is 7.55. The number of nitrogens with one attached hydrogen (secondary N) is 2. The first kappa shape index (κ1) is 22.7. The lowest BCUT2D eigenvalue weighted by Gasteiger charge is -2.30. The number of carbonyl (C=O) groups is 1. The number of aliphatic imine (C=N–C) groups is 1. The molecule has 4 N–H and O–H groups in total. The molecule has 0 radical (unpaired) electrons. The van der Waals surface area contributed by atoms with Crippen LogP contribution < -0.4 is 16.4 Å². The van der Waals surface area contributed by atoms with E-state index in [4.69, 9.17) is 10.7 Å². The fraction of sp³-hybridized carbons (Fsp3) is 0.900. The van der Waals surface area contributed by atoms with Gasteiger partial charge in [-0.1, -0.05) is 32.6 Å². The summed E-state index contributed by atoms with van der Waals surface area (Å²) >= 11 is 0. The molecule has 1 fully saturated rings. The SMILES string of the molecule is CCCCCCC(C)NC(=NCCCN1CCCC(C(N)=O)C1)NCC. The van der Waals surface area contributed by atoms with Crippen LogP contribution in [0.3, 0.4) is 0 Å². The Hall–Kier alpha value is -1.30. The average molecular weight is 368 g/mol. The molecule has 2 atom stereocenters. The minimum absolute atomic E-state index is 0.0276. The number of guanidine groups is 1. The summed E-state index contributed by atoms with van der Waals surface area (Å²) in [5.41, 5.74) is 5.45. The van der Waals surface area contributed by atoms with Crippen LogP contribution >= 0.6 is 0 Å². The zero-order valence-electron chi connectivity index (χ0n) is 17.2. The van der Waals surface area contributed by atoms with Gasteiger partial charge in [-0.2, -0.15) is 0 Å². The van der Waals surface area contributed by atoms with Crippen LogP contribution in [0.15, 0.2) is 4.99 Å². The second kappa shape index (κ2) is 13.8. The molecule has 0 spiro atoms.